The minimum Gasteiger partial charge on any atom is -0.362 e. The van der Waals surface area contributed by atoms with Gasteiger partial charge in [-0.15, -0.1) is 0 Å². The molecule has 0 atom stereocenters. The minimum atomic E-state index is -4.46. The van der Waals surface area contributed by atoms with E-state index in [2.05, 4.69) is 10.1 Å². The highest BCUT2D eigenvalue weighted by molar-refractivity contribution is 7.89. The first-order valence-corrected chi connectivity index (χ1v) is 8.66. The third-order valence-electron chi connectivity index (χ3n) is 3.17. The van der Waals surface area contributed by atoms with Crippen molar-refractivity contribution in [2.45, 2.75) is 38.4 Å². The van der Waals surface area contributed by atoms with Gasteiger partial charge in [0.25, 0.3) is 0 Å². The number of carbonyl (C=O) groups excluding carboxylic acids is 1. The van der Waals surface area contributed by atoms with Crippen LogP contribution in [0.4, 0.5) is 13.2 Å². The second-order valence-electron chi connectivity index (χ2n) is 5.16. The molecule has 0 aromatic rings. The number of nitrogens with zero attached hydrogens (tertiary/aromatic N) is 1. The third-order valence-corrected chi connectivity index (χ3v) is 5.25. The summed E-state index contributed by atoms with van der Waals surface area (Å²) in [5, 5.41) is 2.56. The molecule has 0 unspecified atom stereocenters. The van der Waals surface area contributed by atoms with Gasteiger partial charge in [0.05, 0.1) is 5.75 Å². The molecule has 0 aromatic heterocycles. The van der Waals surface area contributed by atoms with Crippen LogP contribution in [0.3, 0.4) is 0 Å². The van der Waals surface area contributed by atoms with Crippen molar-refractivity contribution in [3.05, 3.63) is 0 Å². The molecular formula is C12H21F3N2O4S. The maximum absolute atomic E-state index is 11.9. The van der Waals surface area contributed by atoms with Crippen molar-refractivity contribution >= 4 is 15.9 Å². The lowest BCUT2D eigenvalue weighted by molar-refractivity contribution is -0.175. The normalized spacial score (nSPS) is 18.4. The van der Waals surface area contributed by atoms with E-state index >= 15 is 0 Å². The van der Waals surface area contributed by atoms with Gasteiger partial charge in [-0.3, -0.25) is 4.79 Å². The molecule has 0 aromatic carbocycles. The summed E-state index contributed by atoms with van der Waals surface area (Å²) in [6.45, 7) is 0.265. The zero-order valence-electron chi connectivity index (χ0n) is 12.4. The van der Waals surface area contributed by atoms with Gasteiger partial charge in [-0.05, 0) is 19.3 Å². The summed E-state index contributed by atoms with van der Waals surface area (Å²) in [4.78, 5) is 11.4. The van der Waals surface area contributed by atoms with E-state index in [0.29, 0.717) is 32.4 Å². The van der Waals surface area contributed by atoms with Crippen molar-refractivity contribution in [1.82, 2.24) is 9.62 Å². The van der Waals surface area contributed by atoms with E-state index in [0.717, 1.165) is 0 Å². The average molecular weight is 346 g/mol. The number of alkyl halides is 3. The van der Waals surface area contributed by atoms with Gasteiger partial charge < -0.3 is 10.1 Å². The fourth-order valence-electron chi connectivity index (χ4n) is 2.19. The summed E-state index contributed by atoms with van der Waals surface area (Å²) in [5.74, 6) is -0.533. The molecule has 22 heavy (non-hydrogen) atoms. The summed E-state index contributed by atoms with van der Waals surface area (Å²) in [5.41, 5.74) is 0. The zero-order chi connectivity index (χ0) is 16.8. The van der Waals surface area contributed by atoms with Crippen molar-refractivity contribution in [3.8, 4) is 0 Å². The van der Waals surface area contributed by atoms with Gasteiger partial charge in [-0.2, -0.15) is 13.2 Å². The fourth-order valence-corrected chi connectivity index (χ4v) is 3.74. The monoisotopic (exact) mass is 346 g/mol. The third kappa shape index (κ3) is 6.93. The number of hydrogen-bond acceptors (Lipinski definition) is 4. The van der Waals surface area contributed by atoms with Gasteiger partial charge in [-0.25, -0.2) is 12.7 Å². The topological polar surface area (TPSA) is 75.7 Å². The molecule has 130 valence electrons. The van der Waals surface area contributed by atoms with Gasteiger partial charge >= 0.3 is 6.18 Å². The highest BCUT2D eigenvalue weighted by Crippen LogP contribution is 2.16. The molecule has 1 saturated heterocycles. The molecule has 1 N–H and O–H groups in total. The molecule has 1 rings (SSSR count). The van der Waals surface area contributed by atoms with E-state index in [1.54, 1.807) is 6.92 Å². The molecule has 1 heterocycles. The first kappa shape index (κ1) is 19.2. The Hall–Kier alpha value is -0.870. The van der Waals surface area contributed by atoms with E-state index in [9.17, 15) is 26.4 Å². The van der Waals surface area contributed by atoms with Crippen molar-refractivity contribution in [1.29, 1.82) is 0 Å². The molecule has 6 nitrogen and oxygen atoms in total. The summed E-state index contributed by atoms with van der Waals surface area (Å²) in [7, 11) is -3.24. The molecule has 1 amide bonds. The van der Waals surface area contributed by atoms with Crippen LogP contribution < -0.4 is 5.32 Å². The Morgan fingerprint density at radius 1 is 1.32 bits per heavy atom. The van der Waals surface area contributed by atoms with Crippen LogP contribution in [0.2, 0.25) is 0 Å². The number of piperidine rings is 1. The van der Waals surface area contributed by atoms with E-state index in [4.69, 9.17) is 0 Å². The van der Waals surface area contributed by atoms with Crippen LogP contribution in [0.25, 0.3) is 0 Å². The van der Waals surface area contributed by atoms with E-state index < -0.39 is 35.3 Å². The van der Waals surface area contributed by atoms with E-state index in [1.807, 2.05) is 0 Å². The summed E-state index contributed by atoms with van der Waals surface area (Å²) >= 11 is 0. The maximum atomic E-state index is 11.9. The predicted molar refractivity (Wildman–Crippen MR) is 73.7 cm³/mol. The fraction of sp³-hybridized carbons (Fsp3) is 0.917. The Balaban J connectivity index is 2.29. The Bertz CT molecular complexity index is 459. The molecule has 1 aliphatic heterocycles. The van der Waals surface area contributed by atoms with Gasteiger partial charge in [-0.1, -0.05) is 6.92 Å². The van der Waals surface area contributed by atoms with Crippen LogP contribution in [0, 0.1) is 0 Å². The Morgan fingerprint density at radius 3 is 2.41 bits per heavy atom. The second kappa shape index (κ2) is 8.11. The highest BCUT2D eigenvalue weighted by Gasteiger charge is 2.29. The summed E-state index contributed by atoms with van der Waals surface area (Å²) in [6, 6.07) is -0.241. The van der Waals surface area contributed by atoms with Crippen LogP contribution in [0.15, 0.2) is 0 Å². The number of carbonyl (C=O) groups is 1. The second-order valence-corrected chi connectivity index (χ2v) is 7.25. The van der Waals surface area contributed by atoms with Crippen molar-refractivity contribution < 1.29 is 31.1 Å². The zero-order valence-corrected chi connectivity index (χ0v) is 13.2. The van der Waals surface area contributed by atoms with Crippen LogP contribution in [-0.2, 0) is 19.6 Å². The molecule has 1 aliphatic rings. The SMILES string of the molecule is CCCS(=O)(=O)N1CCC(NC(=O)COCC(F)(F)F)CC1. The predicted octanol–water partition coefficient (Wildman–Crippen LogP) is 0.886. The Kier molecular flexibility index (Phi) is 7.07. The largest absolute Gasteiger partial charge is 0.411 e. The molecule has 0 spiro atoms. The van der Waals surface area contributed by atoms with Gasteiger partial charge in [0.15, 0.2) is 0 Å². The number of sulfonamides is 1. The van der Waals surface area contributed by atoms with Gasteiger partial charge in [0, 0.05) is 19.1 Å². The smallest absolute Gasteiger partial charge is 0.362 e. The lowest BCUT2D eigenvalue weighted by Crippen LogP contribution is -2.47. The number of nitrogens with one attached hydrogen (secondary N) is 1. The summed E-state index contributed by atoms with van der Waals surface area (Å²) < 4.78 is 65.0. The number of amides is 1. The van der Waals surface area contributed by atoms with E-state index in [1.165, 1.54) is 4.31 Å². The summed E-state index contributed by atoms with van der Waals surface area (Å²) in [6.07, 6.45) is -3.04. The molecular weight excluding hydrogens is 325 g/mol. The lowest BCUT2D eigenvalue weighted by Gasteiger charge is -2.31. The Morgan fingerprint density at radius 2 is 1.91 bits per heavy atom. The Labute approximate surface area is 128 Å². The minimum absolute atomic E-state index is 0.0926. The molecule has 1 fully saturated rings. The first-order chi connectivity index (χ1) is 10.1. The number of ether oxygens (including phenoxy) is 1. The van der Waals surface area contributed by atoms with Crippen molar-refractivity contribution in [2.24, 2.45) is 0 Å². The lowest BCUT2D eigenvalue weighted by atomic mass is 10.1. The van der Waals surface area contributed by atoms with Crippen molar-refractivity contribution in [2.75, 3.05) is 32.1 Å². The van der Waals surface area contributed by atoms with Crippen LogP contribution in [0.5, 0.6) is 0 Å². The number of hydrogen-bond donors (Lipinski definition) is 1. The van der Waals surface area contributed by atoms with Crippen molar-refractivity contribution in [3.63, 3.8) is 0 Å². The molecule has 0 aliphatic carbocycles. The maximum Gasteiger partial charge on any atom is 0.411 e. The molecule has 0 saturated carbocycles. The molecule has 10 heteroatoms. The van der Waals surface area contributed by atoms with Crippen LogP contribution in [-0.4, -0.2) is 62.9 Å². The van der Waals surface area contributed by atoms with Gasteiger partial charge in [0.1, 0.15) is 13.2 Å². The number of rotatable bonds is 7. The quantitative estimate of drug-likeness (QED) is 0.743. The van der Waals surface area contributed by atoms with E-state index in [-0.39, 0.29) is 11.8 Å². The highest BCUT2D eigenvalue weighted by atomic mass is 32.2. The standard InChI is InChI=1S/C12H21F3N2O4S/c1-2-7-22(19,20)17-5-3-10(4-6-17)16-11(18)8-21-9-12(13,14)15/h10H,2-9H2,1H3,(H,16,18). The molecule has 0 radical (unpaired) electrons. The van der Waals surface area contributed by atoms with Gasteiger partial charge in [0.2, 0.25) is 15.9 Å². The van der Waals surface area contributed by atoms with Crippen LogP contribution >= 0.6 is 0 Å². The molecule has 0 bridgehead atoms. The average Bonchev–Trinajstić information content (AvgIpc) is 2.37. The van der Waals surface area contributed by atoms with Crippen LogP contribution in [0.1, 0.15) is 26.2 Å². The number of halogens is 3. The first-order valence-electron chi connectivity index (χ1n) is 7.05.